The number of nitrogens with one attached hydrogen (secondary N) is 1. The number of hydrogen-bond donors (Lipinski definition) is 1. The van der Waals surface area contributed by atoms with Gasteiger partial charge >= 0.3 is 5.97 Å². The number of nitrogens with zero attached hydrogens (tertiary/aromatic N) is 4. The molecule has 0 fully saturated rings. The number of fused-ring (bicyclic) bond motifs is 1. The van der Waals surface area contributed by atoms with Crippen LogP contribution in [0, 0.1) is 20.8 Å². The Kier molecular flexibility index (Phi) is 5.67. The van der Waals surface area contributed by atoms with Gasteiger partial charge in [-0.15, -0.1) is 0 Å². The average Bonchev–Trinajstić information content (AvgIpc) is 3.12. The average molecular weight is 381 g/mol. The van der Waals surface area contributed by atoms with Gasteiger partial charge in [0.1, 0.15) is 6.33 Å². The van der Waals surface area contributed by atoms with Gasteiger partial charge in [0.05, 0.1) is 6.42 Å². The fraction of sp³-hybridized carbons (Fsp3) is 0.350. The van der Waals surface area contributed by atoms with Gasteiger partial charge in [0, 0.05) is 23.5 Å². The standard InChI is InChI=1S/C20H23N5O3/c1-12-5-7-16(8-6-12)10-21-19(27)15(4)28-18(26)9-17-13(2)24-20-22-11-23-25(20)14(17)3/h5-8,11,15H,9-10H2,1-4H3,(H,21,27)/t15-/m0/s1. The van der Waals surface area contributed by atoms with Crippen LogP contribution < -0.4 is 5.32 Å². The van der Waals surface area contributed by atoms with E-state index in [4.69, 9.17) is 4.74 Å². The van der Waals surface area contributed by atoms with Gasteiger partial charge in [-0.05, 0) is 33.3 Å². The molecule has 0 bridgehead atoms. The molecule has 8 heteroatoms. The van der Waals surface area contributed by atoms with Gasteiger partial charge < -0.3 is 10.1 Å². The third kappa shape index (κ3) is 4.33. The van der Waals surface area contributed by atoms with E-state index in [-0.39, 0.29) is 12.3 Å². The highest BCUT2D eigenvalue weighted by molar-refractivity contribution is 5.84. The van der Waals surface area contributed by atoms with Gasteiger partial charge in [-0.2, -0.15) is 10.1 Å². The van der Waals surface area contributed by atoms with Gasteiger partial charge in [-0.25, -0.2) is 9.50 Å². The largest absolute Gasteiger partial charge is 0.452 e. The summed E-state index contributed by atoms with van der Waals surface area (Å²) in [6.07, 6.45) is 0.537. The molecule has 146 valence electrons. The number of aryl methyl sites for hydroxylation is 3. The van der Waals surface area contributed by atoms with Crippen molar-refractivity contribution >= 4 is 17.7 Å². The lowest BCUT2D eigenvalue weighted by Gasteiger charge is -2.15. The number of rotatable bonds is 6. The summed E-state index contributed by atoms with van der Waals surface area (Å²) in [7, 11) is 0. The van der Waals surface area contributed by atoms with Gasteiger partial charge in [0.25, 0.3) is 11.7 Å². The van der Waals surface area contributed by atoms with Crippen molar-refractivity contribution < 1.29 is 14.3 Å². The lowest BCUT2D eigenvalue weighted by Crippen LogP contribution is -2.35. The maximum Gasteiger partial charge on any atom is 0.311 e. The molecule has 0 aliphatic rings. The topological polar surface area (TPSA) is 98.5 Å². The first-order chi connectivity index (χ1) is 13.3. The maximum absolute atomic E-state index is 12.3. The monoisotopic (exact) mass is 381 g/mol. The summed E-state index contributed by atoms with van der Waals surface area (Å²) in [5.74, 6) is -0.353. The van der Waals surface area contributed by atoms with Crippen molar-refractivity contribution in [2.75, 3.05) is 0 Å². The van der Waals surface area contributed by atoms with Crippen LogP contribution in [0.4, 0.5) is 0 Å². The molecular formula is C20H23N5O3. The number of hydrogen-bond acceptors (Lipinski definition) is 6. The fourth-order valence-electron chi connectivity index (χ4n) is 2.89. The van der Waals surface area contributed by atoms with Crippen molar-refractivity contribution in [2.24, 2.45) is 0 Å². The highest BCUT2D eigenvalue weighted by Gasteiger charge is 2.20. The molecule has 0 saturated heterocycles. The van der Waals surface area contributed by atoms with Crippen LogP contribution in [-0.4, -0.2) is 37.6 Å². The second-order valence-corrected chi connectivity index (χ2v) is 6.75. The van der Waals surface area contributed by atoms with Crippen molar-refractivity contribution in [2.45, 2.75) is 46.8 Å². The molecule has 0 spiro atoms. The Morgan fingerprint density at radius 1 is 1.18 bits per heavy atom. The van der Waals surface area contributed by atoms with Gasteiger partial charge in [0.2, 0.25) is 0 Å². The van der Waals surface area contributed by atoms with Crippen LogP contribution in [-0.2, 0) is 27.3 Å². The Morgan fingerprint density at radius 2 is 1.89 bits per heavy atom. The second kappa shape index (κ2) is 8.16. The molecule has 1 atom stereocenters. The van der Waals surface area contributed by atoms with E-state index in [2.05, 4.69) is 20.4 Å². The summed E-state index contributed by atoms with van der Waals surface area (Å²) >= 11 is 0. The Morgan fingerprint density at radius 3 is 2.61 bits per heavy atom. The predicted molar refractivity (Wildman–Crippen MR) is 103 cm³/mol. The number of esters is 1. The summed E-state index contributed by atoms with van der Waals surface area (Å²) in [4.78, 5) is 33.0. The van der Waals surface area contributed by atoms with Crippen molar-refractivity contribution in [3.8, 4) is 0 Å². The maximum atomic E-state index is 12.3. The molecule has 8 nitrogen and oxygen atoms in total. The van der Waals surface area contributed by atoms with Crippen LogP contribution in [0.5, 0.6) is 0 Å². The first-order valence-corrected chi connectivity index (χ1v) is 9.03. The molecule has 0 aliphatic heterocycles. The highest BCUT2D eigenvalue weighted by Crippen LogP contribution is 2.14. The SMILES string of the molecule is Cc1ccc(CNC(=O)[C@H](C)OC(=O)Cc2c(C)nc3ncnn3c2C)cc1. The zero-order valence-electron chi connectivity index (χ0n) is 16.4. The zero-order valence-corrected chi connectivity index (χ0v) is 16.4. The van der Waals surface area contributed by atoms with Crippen molar-refractivity contribution in [3.05, 3.63) is 58.7 Å². The Labute approximate surface area is 163 Å². The summed E-state index contributed by atoms with van der Waals surface area (Å²) in [6.45, 7) is 7.59. The normalized spacial score (nSPS) is 12.0. The molecule has 0 unspecified atom stereocenters. The number of ether oxygens (including phenoxy) is 1. The molecule has 2 aromatic heterocycles. The quantitative estimate of drug-likeness (QED) is 0.654. The molecule has 1 aromatic carbocycles. The van der Waals surface area contributed by atoms with E-state index in [1.165, 1.54) is 6.33 Å². The Bertz CT molecular complexity index is 1010. The minimum atomic E-state index is -0.887. The first-order valence-electron chi connectivity index (χ1n) is 9.03. The van der Waals surface area contributed by atoms with Crippen LogP contribution >= 0.6 is 0 Å². The fourth-order valence-corrected chi connectivity index (χ4v) is 2.89. The molecule has 0 aliphatic carbocycles. The third-order valence-corrected chi connectivity index (χ3v) is 4.57. The molecule has 0 saturated carbocycles. The number of carbonyl (C=O) groups excluding carboxylic acids is 2. The zero-order chi connectivity index (χ0) is 20.3. The van der Waals surface area contributed by atoms with Gasteiger partial charge in [0.15, 0.2) is 6.10 Å². The minimum absolute atomic E-state index is 0.00997. The second-order valence-electron chi connectivity index (χ2n) is 6.75. The van der Waals surface area contributed by atoms with Crippen LogP contribution in [0.1, 0.15) is 35.0 Å². The van der Waals surface area contributed by atoms with E-state index in [0.717, 1.165) is 22.4 Å². The number of aromatic nitrogens is 4. The lowest BCUT2D eigenvalue weighted by molar-refractivity contribution is -0.154. The molecule has 1 amide bonds. The first kappa shape index (κ1) is 19.5. The minimum Gasteiger partial charge on any atom is -0.452 e. The number of carbonyl (C=O) groups is 2. The van der Waals surface area contributed by atoms with Gasteiger partial charge in [-0.1, -0.05) is 29.8 Å². The van der Waals surface area contributed by atoms with E-state index < -0.39 is 12.1 Å². The Hall–Kier alpha value is -3.29. The molecule has 0 radical (unpaired) electrons. The molecule has 3 rings (SSSR count). The smallest absolute Gasteiger partial charge is 0.311 e. The van der Waals surface area contributed by atoms with E-state index >= 15 is 0 Å². The summed E-state index contributed by atoms with van der Waals surface area (Å²) in [5.41, 5.74) is 4.31. The van der Waals surface area contributed by atoms with E-state index in [0.29, 0.717) is 18.0 Å². The predicted octanol–water partition coefficient (Wildman–Crippen LogP) is 1.84. The number of benzene rings is 1. The highest BCUT2D eigenvalue weighted by atomic mass is 16.5. The van der Waals surface area contributed by atoms with E-state index in [1.54, 1.807) is 11.4 Å². The molecule has 3 aromatic rings. The lowest BCUT2D eigenvalue weighted by atomic mass is 10.1. The molecular weight excluding hydrogens is 358 g/mol. The third-order valence-electron chi connectivity index (χ3n) is 4.57. The molecule has 2 heterocycles. The van der Waals surface area contributed by atoms with Crippen molar-refractivity contribution in [1.29, 1.82) is 0 Å². The molecule has 28 heavy (non-hydrogen) atoms. The van der Waals surface area contributed by atoms with Crippen LogP contribution in [0.15, 0.2) is 30.6 Å². The van der Waals surface area contributed by atoms with Crippen LogP contribution in [0.2, 0.25) is 0 Å². The van der Waals surface area contributed by atoms with E-state index in [1.807, 2.05) is 45.0 Å². The van der Waals surface area contributed by atoms with Gasteiger partial charge in [-0.3, -0.25) is 9.59 Å². The van der Waals surface area contributed by atoms with Crippen LogP contribution in [0.25, 0.3) is 5.78 Å². The van der Waals surface area contributed by atoms with E-state index in [9.17, 15) is 9.59 Å². The van der Waals surface area contributed by atoms with Crippen molar-refractivity contribution in [1.82, 2.24) is 24.9 Å². The van der Waals surface area contributed by atoms with Crippen molar-refractivity contribution in [3.63, 3.8) is 0 Å². The number of amides is 1. The summed E-state index contributed by atoms with van der Waals surface area (Å²) in [6, 6.07) is 7.86. The summed E-state index contributed by atoms with van der Waals surface area (Å²) in [5, 5.41) is 6.88. The Balaban J connectivity index is 1.58. The van der Waals surface area contributed by atoms with Crippen LogP contribution in [0.3, 0.4) is 0 Å². The molecule has 1 N–H and O–H groups in total. The summed E-state index contributed by atoms with van der Waals surface area (Å²) < 4.78 is 6.88.